The number of hydrogen-bond donors (Lipinski definition) is 3. The molecule has 0 saturated heterocycles. The molecule has 4 rings (SSSR count). The number of aliphatic hydroxyl groups is 1. The van der Waals surface area contributed by atoms with Crippen LogP contribution in [0.15, 0.2) is 42.9 Å². The van der Waals surface area contributed by atoms with Crippen LogP contribution >= 0.6 is 11.6 Å². The maximum absolute atomic E-state index is 14.9. The van der Waals surface area contributed by atoms with Crippen molar-refractivity contribution in [1.29, 1.82) is 0 Å². The van der Waals surface area contributed by atoms with Crippen LogP contribution in [0.25, 0.3) is 22.3 Å². The second-order valence-electron chi connectivity index (χ2n) is 8.49. The Morgan fingerprint density at radius 2 is 1.80 bits per heavy atom. The third-order valence-electron chi connectivity index (χ3n) is 5.33. The molecule has 8 nitrogen and oxygen atoms in total. The highest BCUT2D eigenvalue weighted by Crippen LogP contribution is 2.34. The highest BCUT2D eigenvalue weighted by Gasteiger charge is 2.22. The molecule has 4 aromatic rings. The van der Waals surface area contributed by atoms with Crippen molar-refractivity contribution in [1.82, 2.24) is 19.9 Å². The third kappa shape index (κ3) is 4.89. The van der Waals surface area contributed by atoms with Crippen LogP contribution in [-0.2, 0) is 5.60 Å². The van der Waals surface area contributed by atoms with Crippen molar-refractivity contribution >= 4 is 34.2 Å². The molecule has 180 valence electrons. The normalized spacial score (nSPS) is 12.5. The highest BCUT2D eigenvalue weighted by atomic mass is 35.5. The van der Waals surface area contributed by atoms with Gasteiger partial charge < -0.3 is 16.2 Å². The highest BCUT2D eigenvalue weighted by molar-refractivity contribution is 6.34. The molecule has 1 aromatic carbocycles. The molecule has 0 aliphatic carbocycles. The van der Waals surface area contributed by atoms with Gasteiger partial charge in [-0.1, -0.05) is 11.6 Å². The number of benzene rings is 1. The van der Waals surface area contributed by atoms with Gasteiger partial charge in [0.05, 0.1) is 22.3 Å². The number of nitrogens with one attached hydrogen (secondary N) is 1. The molecule has 1 amide bonds. The predicted octanol–water partition coefficient (Wildman–Crippen LogP) is 4.52. The average Bonchev–Trinajstić information content (AvgIpc) is 2.80. The standard InChI is InChI=1S/C24H21ClF2N6O2/c1-11(14-6-12(22(28)34)4-5-16(14)26)32-20-15(25)10-29-18-7-17(27)19(33-21(18)20)13-8-30-23(31-9-13)24(2,3)35/h4-11,35H,1-3H3,(H2,28,34)(H,29,32). The number of fused-ring (bicyclic) bond motifs is 1. The molecule has 35 heavy (non-hydrogen) atoms. The summed E-state index contributed by atoms with van der Waals surface area (Å²) in [4.78, 5) is 28.3. The molecular weight excluding hydrogens is 478 g/mol. The van der Waals surface area contributed by atoms with Crippen LogP contribution in [0, 0.1) is 11.6 Å². The number of nitrogens with zero attached hydrogens (tertiary/aromatic N) is 4. The summed E-state index contributed by atoms with van der Waals surface area (Å²) in [6.45, 7) is 4.73. The van der Waals surface area contributed by atoms with E-state index in [1.165, 1.54) is 50.6 Å². The summed E-state index contributed by atoms with van der Waals surface area (Å²) in [5.74, 6) is -1.73. The van der Waals surface area contributed by atoms with Crippen LogP contribution in [-0.4, -0.2) is 30.9 Å². The summed E-state index contributed by atoms with van der Waals surface area (Å²) < 4.78 is 29.4. The lowest BCUT2D eigenvalue weighted by atomic mass is 10.0. The van der Waals surface area contributed by atoms with E-state index in [1.807, 2.05) is 0 Å². The number of anilines is 1. The number of hydrogen-bond acceptors (Lipinski definition) is 7. The van der Waals surface area contributed by atoms with E-state index < -0.39 is 29.2 Å². The van der Waals surface area contributed by atoms with Crippen LogP contribution in [0.5, 0.6) is 0 Å². The first-order chi connectivity index (χ1) is 16.5. The first-order valence-electron chi connectivity index (χ1n) is 10.5. The molecule has 1 unspecified atom stereocenters. The molecule has 0 spiro atoms. The topological polar surface area (TPSA) is 127 Å². The number of rotatable bonds is 6. The first-order valence-corrected chi connectivity index (χ1v) is 10.9. The van der Waals surface area contributed by atoms with Gasteiger partial charge in [-0.2, -0.15) is 0 Å². The van der Waals surface area contributed by atoms with Crippen molar-refractivity contribution in [2.45, 2.75) is 32.4 Å². The Hall–Kier alpha value is -3.76. The van der Waals surface area contributed by atoms with Gasteiger partial charge in [-0.15, -0.1) is 0 Å². The zero-order chi connectivity index (χ0) is 25.5. The predicted molar refractivity (Wildman–Crippen MR) is 128 cm³/mol. The van der Waals surface area contributed by atoms with Gasteiger partial charge in [0.2, 0.25) is 5.91 Å². The largest absolute Gasteiger partial charge is 0.382 e. The fourth-order valence-electron chi connectivity index (χ4n) is 3.49. The third-order valence-corrected chi connectivity index (χ3v) is 5.62. The summed E-state index contributed by atoms with van der Waals surface area (Å²) in [6, 6.07) is 4.34. The average molecular weight is 499 g/mol. The van der Waals surface area contributed by atoms with Gasteiger partial charge in [0.1, 0.15) is 22.6 Å². The number of nitrogens with two attached hydrogens (primary N) is 1. The lowest BCUT2D eigenvalue weighted by Gasteiger charge is -2.19. The molecule has 4 N–H and O–H groups in total. The van der Waals surface area contributed by atoms with Gasteiger partial charge in [0.15, 0.2) is 11.6 Å². The van der Waals surface area contributed by atoms with E-state index in [0.717, 1.165) is 6.07 Å². The Morgan fingerprint density at radius 3 is 2.43 bits per heavy atom. The Labute approximate surface area is 204 Å². The van der Waals surface area contributed by atoms with E-state index in [-0.39, 0.29) is 44.3 Å². The van der Waals surface area contributed by atoms with E-state index in [1.54, 1.807) is 6.92 Å². The molecular formula is C24H21ClF2N6O2. The Bertz CT molecular complexity index is 1440. The number of carbonyl (C=O) groups is 1. The van der Waals surface area contributed by atoms with Crippen LogP contribution < -0.4 is 11.1 Å². The molecule has 0 aliphatic heterocycles. The zero-order valence-corrected chi connectivity index (χ0v) is 19.7. The summed E-state index contributed by atoms with van der Waals surface area (Å²) in [5.41, 5.74) is 5.35. The number of aromatic nitrogens is 4. The van der Waals surface area contributed by atoms with Gasteiger partial charge >= 0.3 is 0 Å². The molecule has 0 fully saturated rings. The fourth-order valence-corrected chi connectivity index (χ4v) is 3.69. The van der Waals surface area contributed by atoms with Gasteiger partial charge in [0, 0.05) is 41.3 Å². The van der Waals surface area contributed by atoms with Crippen molar-refractivity contribution in [3.63, 3.8) is 0 Å². The molecule has 3 aromatic heterocycles. The maximum atomic E-state index is 14.9. The summed E-state index contributed by atoms with van der Waals surface area (Å²) in [5, 5.41) is 13.3. The number of pyridine rings is 2. The fraction of sp³-hybridized carbons (Fsp3) is 0.208. The lowest BCUT2D eigenvalue weighted by molar-refractivity contribution is 0.0687. The second kappa shape index (κ2) is 9.12. The van der Waals surface area contributed by atoms with Crippen LogP contribution in [0.2, 0.25) is 5.02 Å². The molecule has 0 bridgehead atoms. The van der Waals surface area contributed by atoms with Gasteiger partial charge in [-0.05, 0) is 39.0 Å². The molecule has 0 aliphatic rings. The van der Waals surface area contributed by atoms with E-state index >= 15 is 0 Å². The number of amides is 1. The van der Waals surface area contributed by atoms with Gasteiger partial charge in [0.25, 0.3) is 0 Å². The summed E-state index contributed by atoms with van der Waals surface area (Å²) >= 11 is 6.39. The van der Waals surface area contributed by atoms with Crippen molar-refractivity contribution in [2.24, 2.45) is 5.73 Å². The van der Waals surface area contributed by atoms with E-state index in [0.29, 0.717) is 5.69 Å². The number of halogens is 3. The quantitative estimate of drug-likeness (QED) is 0.356. The monoisotopic (exact) mass is 498 g/mol. The van der Waals surface area contributed by atoms with Crippen LogP contribution in [0.3, 0.4) is 0 Å². The summed E-state index contributed by atoms with van der Waals surface area (Å²) in [7, 11) is 0. The number of primary amides is 1. The molecule has 0 radical (unpaired) electrons. The van der Waals surface area contributed by atoms with E-state index in [9.17, 15) is 18.7 Å². The van der Waals surface area contributed by atoms with E-state index in [2.05, 4.69) is 25.3 Å². The van der Waals surface area contributed by atoms with Gasteiger partial charge in [-0.3, -0.25) is 9.78 Å². The van der Waals surface area contributed by atoms with Crippen molar-refractivity contribution < 1.29 is 18.7 Å². The maximum Gasteiger partial charge on any atom is 0.248 e. The second-order valence-corrected chi connectivity index (χ2v) is 8.90. The first kappa shape index (κ1) is 24.4. The van der Waals surface area contributed by atoms with Crippen LogP contribution in [0.1, 0.15) is 48.6 Å². The Kier molecular flexibility index (Phi) is 6.35. The lowest BCUT2D eigenvalue weighted by Crippen LogP contribution is -2.19. The minimum atomic E-state index is -1.26. The zero-order valence-electron chi connectivity index (χ0n) is 19.0. The van der Waals surface area contributed by atoms with Crippen molar-refractivity contribution in [3.8, 4) is 11.3 Å². The minimum Gasteiger partial charge on any atom is -0.382 e. The summed E-state index contributed by atoms with van der Waals surface area (Å²) in [6.07, 6.45) is 4.04. The minimum absolute atomic E-state index is 0.0542. The SMILES string of the molecule is CC(Nc1c(Cl)cnc2cc(F)c(-c3cnc(C(C)(C)O)nc3)nc12)c1cc(C(N)=O)ccc1F. The smallest absolute Gasteiger partial charge is 0.248 e. The van der Waals surface area contributed by atoms with Crippen molar-refractivity contribution in [2.75, 3.05) is 5.32 Å². The molecule has 1 atom stereocenters. The Morgan fingerprint density at radius 1 is 1.11 bits per heavy atom. The van der Waals surface area contributed by atoms with Gasteiger partial charge in [-0.25, -0.2) is 23.7 Å². The Balaban J connectivity index is 1.78. The number of carbonyl (C=O) groups excluding carboxylic acids is 1. The molecule has 3 heterocycles. The van der Waals surface area contributed by atoms with Crippen molar-refractivity contribution in [3.05, 3.63) is 76.5 Å². The van der Waals surface area contributed by atoms with E-state index in [4.69, 9.17) is 17.3 Å². The van der Waals surface area contributed by atoms with Crippen LogP contribution in [0.4, 0.5) is 14.5 Å². The molecule has 0 saturated carbocycles. The molecule has 11 heteroatoms.